The maximum absolute atomic E-state index is 12.4. The minimum absolute atomic E-state index is 0.000360. The second kappa shape index (κ2) is 3.22. The Bertz CT molecular complexity index is 526. The molecule has 1 saturated carbocycles. The summed E-state index contributed by atoms with van der Waals surface area (Å²) in [6.45, 7) is 6.28. The quantitative estimate of drug-likeness (QED) is 0.711. The summed E-state index contributed by atoms with van der Waals surface area (Å²) in [5, 5.41) is 0. The fourth-order valence-electron chi connectivity index (χ4n) is 3.04. The Morgan fingerprint density at radius 1 is 0.944 bits per heavy atom. The molecule has 3 heteroatoms. The molecule has 1 unspecified atom stereocenters. The summed E-state index contributed by atoms with van der Waals surface area (Å²) in [4.78, 5) is 26.4. The van der Waals surface area contributed by atoms with Gasteiger partial charge in [0, 0.05) is 0 Å². The van der Waals surface area contributed by atoms with E-state index in [2.05, 4.69) is 13.8 Å². The first kappa shape index (κ1) is 11.5. The molecule has 94 valence electrons. The van der Waals surface area contributed by atoms with Gasteiger partial charge in [-0.15, -0.1) is 0 Å². The zero-order valence-electron chi connectivity index (χ0n) is 11.0. The summed E-state index contributed by atoms with van der Waals surface area (Å²) in [7, 11) is 0. The predicted molar refractivity (Wildman–Crippen MR) is 68.4 cm³/mol. The molecule has 1 aliphatic heterocycles. The Balaban J connectivity index is 2.08. The van der Waals surface area contributed by atoms with Crippen LogP contribution in [0.4, 0.5) is 0 Å². The first-order valence-electron chi connectivity index (χ1n) is 6.36. The van der Waals surface area contributed by atoms with Gasteiger partial charge < -0.3 is 0 Å². The normalized spacial score (nSPS) is 29.2. The van der Waals surface area contributed by atoms with E-state index < -0.39 is 0 Å². The monoisotopic (exact) mass is 243 g/mol. The van der Waals surface area contributed by atoms with Crippen molar-refractivity contribution >= 4 is 11.8 Å². The van der Waals surface area contributed by atoms with Crippen LogP contribution in [0.25, 0.3) is 0 Å². The number of fused-ring (bicyclic) bond motifs is 1. The standard InChI is InChI=1S/C15H17NO2/c1-14(2)8-9-15(14,3)16-12(17)10-6-4-5-7-11(10)13(16)18/h4-7H,8-9H2,1-3H3. The van der Waals surface area contributed by atoms with E-state index in [0.717, 1.165) is 12.8 Å². The number of carbonyl (C=O) groups excluding carboxylic acids is 2. The second-order valence-corrected chi connectivity index (χ2v) is 6.15. The minimum Gasteiger partial charge on any atom is -0.269 e. The van der Waals surface area contributed by atoms with Crippen LogP contribution in [0.1, 0.15) is 54.3 Å². The van der Waals surface area contributed by atoms with Gasteiger partial charge >= 0.3 is 0 Å². The lowest BCUT2D eigenvalue weighted by Gasteiger charge is -2.57. The SMILES string of the molecule is CC1(C)CCC1(C)N1C(=O)c2ccccc2C1=O. The summed E-state index contributed by atoms with van der Waals surface area (Å²) in [5.74, 6) is -0.267. The largest absolute Gasteiger partial charge is 0.269 e. The minimum atomic E-state index is -0.347. The van der Waals surface area contributed by atoms with E-state index in [0.29, 0.717) is 11.1 Å². The highest BCUT2D eigenvalue weighted by atomic mass is 16.2. The van der Waals surface area contributed by atoms with Crippen LogP contribution in [0.15, 0.2) is 24.3 Å². The van der Waals surface area contributed by atoms with Gasteiger partial charge in [0.15, 0.2) is 0 Å². The second-order valence-electron chi connectivity index (χ2n) is 6.15. The van der Waals surface area contributed by atoms with Crippen LogP contribution in [0, 0.1) is 5.41 Å². The van der Waals surface area contributed by atoms with Gasteiger partial charge in [-0.1, -0.05) is 26.0 Å². The highest BCUT2D eigenvalue weighted by Crippen LogP contribution is 2.54. The van der Waals surface area contributed by atoms with Crippen LogP contribution in [-0.4, -0.2) is 22.3 Å². The van der Waals surface area contributed by atoms with E-state index in [-0.39, 0.29) is 22.8 Å². The molecule has 3 nitrogen and oxygen atoms in total. The van der Waals surface area contributed by atoms with Crippen LogP contribution in [0.3, 0.4) is 0 Å². The number of hydrogen-bond donors (Lipinski definition) is 0. The topological polar surface area (TPSA) is 37.4 Å². The van der Waals surface area contributed by atoms with Gasteiger partial charge in [0.25, 0.3) is 11.8 Å². The van der Waals surface area contributed by atoms with Gasteiger partial charge in [0.2, 0.25) is 0 Å². The van der Waals surface area contributed by atoms with Crippen molar-refractivity contribution in [2.24, 2.45) is 5.41 Å². The number of nitrogens with zero attached hydrogens (tertiary/aromatic N) is 1. The summed E-state index contributed by atoms with van der Waals surface area (Å²) < 4.78 is 0. The van der Waals surface area contributed by atoms with Gasteiger partial charge in [-0.2, -0.15) is 0 Å². The number of imide groups is 1. The van der Waals surface area contributed by atoms with E-state index in [1.807, 2.05) is 19.1 Å². The number of amides is 2. The van der Waals surface area contributed by atoms with Crippen molar-refractivity contribution in [3.63, 3.8) is 0 Å². The third kappa shape index (κ3) is 1.14. The highest BCUT2D eigenvalue weighted by Gasteiger charge is 2.58. The van der Waals surface area contributed by atoms with Crippen molar-refractivity contribution in [3.05, 3.63) is 35.4 Å². The van der Waals surface area contributed by atoms with Crippen molar-refractivity contribution in [2.75, 3.05) is 0 Å². The third-order valence-electron chi connectivity index (χ3n) is 4.98. The lowest BCUT2D eigenvalue weighted by Crippen LogP contribution is -2.64. The molecule has 18 heavy (non-hydrogen) atoms. The van der Waals surface area contributed by atoms with Crippen LogP contribution in [-0.2, 0) is 0 Å². The molecule has 1 atom stereocenters. The molecule has 0 bridgehead atoms. The fraction of sp³-hybridized carbons (Fsp3) is 0.467. The fourth-order valence-corrected chi connectivity index (χ4v) is 3.04. The average molecular weight is 243 g/mol. The average Bonchev–Trinajstić information content (AvgIpc) is 2.61. The predicted octanol–water partition coefficient (Wildman–Crippen LogP) is 2.86. The van der Waals surface area contributed by atoms with Crippen molar-refractivity contribution in [3.8, 4) is 0 Å². The first-order valence-corrected chi connectivity index (χ1v) is 6.36. The summed E-state index contributed by atoms with van der Waals surface area (Å²) in [5.41, 5.74) is 0.749. The molecule has 0 saturated heterocycles. The Labute approximate surface area is 107 Å². The molecule has 0 aromatic heterocycles. The van der Waals surface area contributed by atoms with E-state index in [9.17, 15) is 9.59 Å². The number of rotatable bonds is 1. The molecule has 0 radical (unpaired) electrons. The lowest BCUT2D eigenvalue weighted by atomic mass is 9.56. The van der Waals surface area contributed by atoms with Crippen LogP contribution >= 0.6 is 0 Å². The van der Waals surface area contributed by atoms with Gasteiger partial charge in [-0.25, -0.2) is 0 Å². The van der Waals surface area contributed by atoms with Crippen molar-refractivity contribution in [1.29, 1.82) is 0 Å². The molecule has 1 aliphatic carbocycles. The number of carbonyl (C=O) groups is 2. The Kier molecular flexibility index (Phi) is 2.05. The Morgan fingerprint density at radius 3 is 1.78 bits per heavy atom. The zero-order chi connectivity index (χ0) is 13.1. The van der Waals surface area contributed by atoms with Gasteiger partial charge in [-0.05, 0) is 37.3 Å². The van der Waals surface area contributed by atoms with E-state index >= 15 is 0 Å². The number of hydrogen-bond acceptors (Lipinski definition) is 2. The van der Waals surface area contributed by atoms with Crippen molar-refractivity contribution in [1.82, 2.24) is 4.90 Å². The third-order valence-corrected chi connectivity index (χ3v) is 4.98. The maximum Gasteiger partial charge on any atom is 0.262 e. The summed E-state index contributed by atoms with van der Waals surface area (Å²) in [6.07, 6.45) is 1.95. The van der Waals surface area contributed by atoms with Crippen LogP contribution < -0.4 is 0 Å². The molecule has 2 amide bonds. The van der Waals surface area contributed by atoms with Crippen LogP contribution in [0.5, 0.6) is 0 Å². The van der Waals surface area contributed by atoms with Crippen molar-refractivity contribution < 1.29 is 9.59 Å². The Morgan fingerprint density at radius 2 is 1.44 bits per heavy atom. The zero-order valence-corrected chi connectivity index (χ0v) is 11.0. The molecule has 1 aromatic rings. The summed E-state index contributed by atoms with van der Waals surface area (Å²) >= 11 is 0. The smallest absolute Gasteiger partial charge is 0.262 e. The Hall–Kier alpha value is -1.64. The lowest BCUT2D eigenvalue weighted by molar-refractivity contribution is -0.0531. The molecule has 1 heterocycles. The van der Waals surface area contributed by atoms with Crippen molar-refractivity contribution in [2.45, 2.75) is 39.2 Å². The van der Waals surface area contributed by atoms with Gasteiger partial charge in [-0.3, -0.25) is 14.5 Å². The summed E-state index contributed by atoms with van der Waals surface area (Å²) in [6, 6.07) is 7.10. The molecule has 2 aliphatic rings. The van der Waals surface area contributed by atoms with Crippen LogP contribution in [0.2, 0.25) is 0 Å². The van der Waals surface area contributed by atoms with Gasteiger partial charge in [0.05, 0.1) is 16.7 Å². The molecular formula is C15H17NO2. The first-order chi connectivity index (χ1) is 8.38. The number of benzene rings is 1. The van der Waals surface area contributed by atoms with Gasteiger partial charge in [0.1, 0.15) is 0 Å². The highest BCUT2D eigenvalue weighted by molar-refractivity contribution is 6.22. The molecular weight excluding hydrogens is 226 g/mol. The molecule has 1 fully saturated rings. The van der Waals surface area contributed by atoms with E-state index in [4.69, 9.17) is 0 Å². The van der Waals surface area contributed by atoms with E-state index in [1.54, 1.807) is 12.1 Å². The molecule has 0 spiro atoms. The molecule has 0 N–H and O–H groups in total. The maximum atomic E-state index is 12.4. The molecule has 1 aromatic carbocycles. The molecule has 3 rings (SSSR count). The van der Waals surface area contributed by atoms with E-state index in [1.165, 1.54) is 4.90 Å².